The zero-order chi connectivity index (χ0) is 18.7. The van der Waals surface area contributed by atoms with Gasteiger partial charge >= 0.3 is 0 Å². The number of guanidine groups is 1. The molecule has 1 aromatic heterocycles. The molecule has 8 heteroatoms. The highest BCUT2D eigenvalue weighted by Crippen LogP contribution is 2.33. The number of ether oxygens (including phenoxy) is 2. The first-order valence-corrected chi connectivity index (χ1v) is 8.68. The normalized spacial score (nSPS) is 13.7. The van der Waals surface area contributed by atoms with Crippen molar-refractivity contribution in [2.24, 2.45) is 4.99 Å². The summed E-state index contributed by atoms with van der Waals surface area (Å²) in [5.41, 5.74) is 3.43. The van der Waals surface area contributed by atoms with Crippen LogP contribution in [0.3, 0.4) is 0 Å². The molecule has 0 unspecified atom stereocenters. The fraction of sp³-hybridized carbons (Fsp3) is 0.474. The van der Waals surface area contributed by atoms with E-state index < -0.39 is 0 Å². The van der Waals surface area contributed by atoms with Gasteiger partial charge in [0.25, 0.3) is 0 Å². The minimum atomic E-state index is 0. The third-order valence-electron chi connectivity index (χ3n) is 4.70. The third-order valence-corrected chi connectivity index (χ3v) is 4.70. The van der Waals surface area contributed by atoms with Crippen LogP contribution in [0.1, 0.15) is 28.5 Å². The molecule has 0 saturated heterocycles. The Labute approximate surface area is 177 Å². The highest BCUT2D eigenvalue weighted by atomic mass is 127. The van der Waals surface area contributed by atoms with Crippen molar-refractivity contribution in [1.82, 2.24) is 15.2 Å². The standard InChI is InChI=1S/C19H26N4O3.HI/c1-12-13(2)26-18(22-12)10-21-19(20-3)23-7-6-14-8-16(24-4)17(25-5)9-15(14)11-23;/h8-9H,6-7,10-11H2,1-5H3,(H,20,21);1H. The van der Waals surface area contributed by atoms with Crippen molar-refractivity contribution < 1.29 is 13.9 Å². The Morgan fingerprint density at radius 3 is 2.44 bits per heavy atom. The number of methoxy groups -OCH3 is 2. The van der Waals surface area contributed by atoms with Crippen LogP contribution in [0.2, 0.25) is 0 Å². The van der Waals surface area contributed by atoms with Crippen LogP contribution in [0.25, 0.3) is 0 Å². The van der Waals surface area contributed by atoms with E-state index in [1.165, 1.54) is 11.1 Å². The molecule has 1 aromatic carbocycles. The van der Waals surface area contributed by atoms with Crippen LogP contribution in [0.5, 0.6) is 11.5 Å². The molecular formula is C19H27IN4O3. The Kier molecular flexibility index (Phi) is 7.34. The number of halogens is 1. The van der Waals surface area contributed by atoms with E-state index >= 15 is 0 Å². The lowest BCUT2D eigenvalue weighted by atomic mass is 9.99. The maximum atomic E-state index is 5.63. The van der Waals surface area contributed by atoms with Gasteiger partial charge in [-0.3, -0.25) is 4.99 Å². The van der Waals surface area contributed by atoms with Crippen LogP contribution in [-0.4, -0.2) is 43.7 Å². The predicted molar refractivity (Wildman–Crippen MR) is 115 cm³/mol. The molecule has 2 heterocycles. The number of aromatic nitrogens is 1. The highest BCUT2D eigenvalue weighted by Gasteiger charge is 2.22. The summed E-state index contributed by atoms with van der Waals surface area (Å²) in [5, 5.41) is 3.34. The minimum Gasteiger partial charge on any atom is -0.493 e. The average Bonchev–Trinajstić information content (AvgIpc) is 2.98. The molecule has 7 nitrogen and oxygen atoms in total. The first-order valence-electron chi connectivity index (χ1n) is 8.68. The second-order valence-electron chi connectivity index (χ2n) is 6.30. The molecule has 0 atom stereocenters. The van der Waals surface area contributed by atoms with Gasteiger partial charge in [0.15, 0.2) is 17.5 Å². The van der Waals surface area contributed by atoms with E-state index in [1.807, 2.05) is 13.8 Å². The fourth-order valence-electron chi connectivity index (χ4n) is 3.17. The monoisotopic (exact) mass is 486 g/mol. The van der Waals surface area contributed by atoms with E-state index in [2.05, 4.69) is 32.3 Å². The summed E-state index contributed by atoms with van der Waals surface area (Å²) < 4.78 is 16.5. The summed E-state index contributed by atoms with van der Waals surface area (Å²) in [6, 6.07) is 4.12. The highest BCUT2D eigenvalue weighted by molar-refractivity contribution is 14.0. The summed E-state index contributed by atoms with van der Waals surface area (Å²) >= 11 is 0. The first kappa shape index (κ1) is 21.3. The molecule has 0 saturated carbocycles. The molecule has 0 radical (unpaired) electrons. The Morgan fingerprint density at radius 1 is 1.22 bits per heavy atom. The van der Waals surface area contributed by atoms with Gasteiger partial charge in [0.2, 0.25) is 5.89 Å². The van der Waals surface area contributed by atoms with Crippen molar-refractivity contribution >= 4 is 29.9 Å². The van der Waals surface area contributed by atoms with Gasteiger partial charge in [-0.05, 0) is 43.5 Å². The second kappa shape index (κ2) is 9.29. The van der Waals surface area contributed by atoms with Gasteiger partial charge in [0, 0.05) is 20.1 Å². The van der Waals surface area contributed by atoms with E-state index in [-0.39, 0.29) is 24.0 Å². The summed E-state index contributed by atoms with van der Waals surface area (Å²) in [4.78, 5) is 11.0. The van der Waals surface area contributed by atoms with Crippen molar-refractivity contribution in [1.29, 1.82) is 0 Å². The van der Waals surface area contributed by atoms with Crippen LogP contribution in [-0.2, 0) is 19.5 Å². The maximum Gasteiger partial charge on any atom is 0.214 e. The molecule has 2 aromatic rings. The van der Waals surface area contributed by atoms with Gasteiger partial charge < -0.3 is 24.1 Å². The van der Waals surface area contributed by atoms with Gasteiger partial charge in [0.05, 0.1) is 26.5 Å². The zero-order valence-electron chi connectivity index (χ0n) is 16.5. The van der Waals surface area contributed by atoms with Crippen LogP contribution >= 0.6 is 24.0 Å². The molecule has 0 spiro atoms. The molecule has 148 valence electrons. The van der Waals surface area contributed by atoms with Crippen molar-refractivity contribution in [3.63, 3.8) is 0 Å². The van der Waals surface area contributed by atoms with Crippen LogP contribution < -0.4 is 14.8 Å². The topological polar surface area (TPSA) is 72.1 Å². The number of rotatable bonds is 4. The van der Waals surface area contributed by atoms with Gasteiger partial charge in [-0.2, -0.15) is 0 Å². The number of nitrogens with one attached hydrogen (secondary N) is 1. The molecule has 0 amide bonds. The van der Waals surface area contributed by atoms with E-state index in [4.69, 9.17) is 13.9 Å². The van der Waals surface area contributed by atoms with E-state index in [9.17, 15) is 0 Å². The van der Waals surface area contributed by atoms with Gasteiger partial charge in [-0.25, -0.2) is 4.98 Å². The molecule has 27 heavy (non-hydrogen) atoms. The van der Waals surface area contributed by atoms with Gasteiger partial charge in [-0.1, -0.05) is 0 Å². The number of benzene rings is 1. The first-order chi connectivity index (χ1) is 12.5. The maximum absolute atomic E-state index is 5.63. The molecule has 0 aliphatic carbocycles. The minimum absolute atomic E-state index is 0. The Balaban J connectivity index is 0.00000261. The zero-order valence-corrected chi connectivity index (χ0v) is 18.8. The van der Waals surface area contributed by atoms with Crippen molar-refractivity contribution in [2.75, 3.05) is 27.8 Å². The number of hydrogen-bond acceptors (Lipinski definition) is 5. The Bertz CT molecular complexity index is 800. The lowest BCUT2D eigenvalue weighted by Crippen LogP contribution is -2.43. The van der Waals surface area contributed by atoms with Crippen LogP contribution in [0.15, 0.2) is 21.5 Å². The Morgan fingerprint density at radius 2 is 1.89 bits per heavy atom. The largest absolute Gasteiger partial charge is 0.493 e. The van der Waals surface area contributed by atoms with Crippen LogP contribution in [0, 0.1) is 13.8 Å². The average molecular weight is 486 g/mol. The van der Waals surface area contributed by atoms with Gasteiger partial charge in [-0.15, -0.1) is 24.0 Å². The van der Waals surface area contributed by atoms with Crippen LogP contribution in [0.4, 0.5) is 0 Å². The summed E-state index contributed by atoms with van der Waals surface area (Å²) in [7, 11) is 5.11. The lowest BCUT2D eigenvalue weighted by Gasteiger charge is -2.32. The van der Waals surface area contributed by atoms with Crippen molar-refractivity contribution in [3.8, 4) is 11.5 Å². The molecule has 1 N–H and O–H groups in total. The fourth-order valence-corrected chi connectivity index (χ4v) is 3.17. The Hall–Kier alpha value is -1.97. The molecular weight excluding hydrogens is 459 g/mol. The van der Waals surface area contributed by atoms with E-state index in [0.29, 0.717) is 12.4 Å². The van der Waals surface area contributed by atoms with Crippen molar-refractivity contribution in [2.45, 2.75) is 33.4 Å². The van der Waals surface area contributed by atoms with Gasteiger partial charge in [0.1, 0.15) is 5.76 Å². The smallest absolute Gasteiger partial charge is 0.214 e. The molecule has 3 rings (SSSR count). The number of hydrogen-bond donors (Lipinski definition) is 1. The number of fused-ring (bicyclic) bond motifs is 1. The molecule has 1 aliphatic rings. The van der Waals surface area contributed by atoms with Crippen molar-refractivity contribution in [3.05, 3.63) is 40.6 Å². The third kappa shape index (κ3) is 4.66. The summed E-state index contributed by atoms with van der Waals surface area (Å²) in [6.45, 7) is 6.02. The number of aliphatic imine (C=N–C) groups is 1. The number of oxazole rings is 1. The quantitative estimate of drug-likeness (QED) is 0.407. The van der Waals surface area contributed by atoms with E-state index in [1.54, 1.807) is 21.3 Å². The SMILES string of the molecule is CN=C(NCc1nc(C)c(C)o1)N1CCc2cc(OC)c(OC)cc2C1.I. The number of aryl methyl sites for hydroxylation is 2. The molecule has 0 fully saturated rings. The molecule has 1 aliphatic heterocycles. The summed E-state index contributed by atoms with van der Waals surface area (Å²) in [5.74, 6) is 3.88. The summed E-state index contributed by atoms with van der Waals surface area (Å²) in [6.07, 6.45) is 0.924. The van der Waals surface area contributed by atoms with E-state index in [0.717, 1.165) is 48.4 Å². The second-order valence-corrected chi connectivity index (χ2v) is 6.30. The molecule has 0 bridgehead atoms. The predicted octanol–water partition coefficient (Wildman–Crippen LogP) is 3.06. The number of nitrogens with zero attached hydrogens (tertiary/aromatic N) is 3. The lowest BCUT2D eigenvalue weighted by molar-refractivity contribution is 0.345.